The van der Waals surface area contributed by atoms with E-state index in [9.17, 15) is 0 Å². The molecule has 1 saturated heterocycles. The standard InChI is InChI=1S/C13H20N2OS/c1-14-9-13(4-5-13)12-15-11(8-17-12)10-2-6-16-7-3-10/h8,10,14H,2-7,9H2,1H3. The fourth-order valence-corrected chi connectivity index (χ4v) is 3.83. The van der Waals surface area contributed by atoms with Gasteiger partial charge in [0.2, 0.25) is 0 Å². The van der Waals surface area contributed by atoms with Crippen LogP contribution in [0, 0.1) is 0 Å². The van der Waals surface area contributed by atoms with E-state index in [1.54, 1.807) is 0 Å². The van der Waals surface area contributed by atoms with Crippen LogP contribution in [0.1, 0.15) is 42.3 Å². The number of thiazole rings is 1. The summed E-state index contributed by atoms with van der Waals surface area (Å²) in [4.78, 5) is 4.91. The smallest absolute Gasteiger partial charge is 0.100 e. The topological polar surface area (TPSA) is 34.2 Å². The Hall–Kier alpha value is -0.450. The predicted octanol–water partition coefficient (Wildman–Crippen LogP) is 2.29. The largest absolute Gasteiger partial charge is 0.381 e. The number of aromatic nitrogens is 1. The quantitative estimate of drug-likeness (QED) is 0.892. The van der Waals surface area contributed by atoms with Crippen molar-refractivity contribution in [2.75, 3.05) is 26.8 Å². The molecule has 1 aliphatic carbocycles. The van der Waals surface area contributed by atoms with Gasteiger partial charge in [-0.1, -0.05) is 0 Å². The SMILES string of the molecule is CNCC1(c2nc(C3CCOCC3)cs2)CC1. The molecule has 1 aliphatic heterocycles. The van der Waals surface area contributed by atoms with Crippen LogP contribution >= 0.6 is 11.3 Å². The van der Waals surface area contributed by atoms with E-state index in [1.165, 1.54) is 23.5 Å². The van der Waals surface area contributed by atoms with Crippen molar-refractivity contribution in [3.63, 3.8) is 0 Å². The molecule has 0 bridgehead atoms. The van der Waals surface area contributed by atoms with Gasteiger partial charge < -0.3 is 10.1 Å². The van der Waals surface area contributed by atoms with Crippen LogP contribution in [0.2, 0.25) is 0 Å². The molecule has 3 nitrogen and oxygen atoms in total. The molecule has 0 aromatic carbocycles. The third-order valence-corrected chi connectivity index (χ3v) is 5.09. The highest BCUT2D eigenvalue weighted by Gasteiger charge is 2.46. The van der Waals surface area contributed by atoms with Crippen LogP contribution in [-0.2, 0) is 10.2 Å². The van der Waals surface area contributed by atoms with Gasteiger partial charge in [0.1, 0.15) is 5.01 Å². The summed E-state index contributed by atoms with van der Waals surface area (Å²) in [6.45, 7) is 2.88. The minimum absolute atomic E-state index is 0.378. The van der Waals surface area contributed by atoms with Crippen LogP contribution in [0.15, 0.2) is 5.38 Å². The van der Waals surface area contributed by atoms with Crippen LogP contribution in [0.25, 0.3) is 0 Å². The van der Waals surface area contributed by atoms with Gasteiger partial charge in [-0.3, -0.25) is 0 Å². The van der Waals surface area contributed by atoms with Crippen LogP contribution in [0.3, 0.4) is 0 Å². The molecule has 2 fully saturated rings. The molecule has 2 heterocycles. The summed E-state index contributed by atoms with van der Waals surface area (Å²) < 4.78 is 5.41. The second-order valence-corrected chi connectivity index (χ2v) is 6.13. The first-order chi connectivity index (χ1) is 8.34. The highest BCUT2D eigenvalue weighted by atomic mass is 32.1. The minimum Gasteiger partial charge on any atom is -0.381 e. The Bertz CT molecular complexity index is 381. The maximum atomic E-state index is 5.41. The van der Waals surface area contributed by atoms with Gasteiger partial charge in [-0.05, 0) is 32.7 Å². The van der Waals surface area contributed by atoms with Crippen LogP contribution in [0.5, 0.6) is 0 Å². The highest BCUT2D eigenvalue weighted by Crippen LogP contribution is 2.49. The summed E-state index contributed by atoms with van der Waals surface area (Å²) >= 11 is 1.86. The van der Waals surface area contributed by atoms with E-state index in [-0.39, 0.29) is 0 Å². The van der Waals surface area contributed by atoms with E-state index >= 15 is 0 Å². The number of ether oxygens (including phenoxy) is 1. The Morgan fingerprint density at radius 3 is 2.88 bits per heavy atom. The molecule has 0 radical (unpaired) electrons. The summed E-state index contributed by atoms with van der Waals surface area (Å²) in [7, 11) is 2.03. The number of hydrogen-bond donors (Lipinski definition) is 1. The van der Waals surface area contributed by atoms with Crippen LogP contribution in [0.4, 0.5) is 0 Å². The first-order valence-electron chi connectivity index (χ1n) is 6.52. The van der Waals surface area contributed by atoms with Crippen LogP contribution < -0.4 is 5.32 Å². The van der Waals surface area contributed by atoms with Gasteiger partial charge in [-0.2, -0.15) is 0 Å². The number of likely N-dealkylation sites (N-methyl/N-ethyl adjacent to an activating group) is 1. The Kier molecular flexibility index (Phi) is 3.19. The fourth-order valence-electron chi connectivity index (χ4n) is 2.67. The van der Waals surface area contributed by atoms with Crippen molar-refractivity contribution in [3.8, 4) is 0 Å². The van der Waals surface area contributed by atoms with Crippen molar-refractivity contribution < 1.29 is 4.74 Å². The zero-order valence-corrected chi connectivity index (χ0v) is 11.2. The molecule has 2 aliphatic rings. The molecular formula is C13H20N2OS. The van der Waals surface area contributed by atoms with E-state index in [2.05, 4.69) is 10.7 Å². The lowest BCUT2D eigenvalue weighted by atomic mass is 9.97. The maximum absolute atomic E-state index is 5.41. The molecule has 0 spiro atoms. The molecule has 0 atom stereocenters. The van der Waals surface area contributed by atoms with E-state index in [0.29, 0.717) is 11.3 Å². The van der Waals surface area contributed by atoms with Gasteiger partial charge >= 0.3 is 0 Å². The molecule has 1 N–H and O–H groups in total. The lowest BCUT2D eigenvalue weighted by Crippen LogP contribution is -2.23. The minimum atomic E-state index is 0.378. The second kappa shape index (κ2) is 4.67. The van der Waals surface area contributed by atoms with Gasteiger partial charge in [-0.25, -0.2) is 4.98 Å². The van der Waals surface area contributed by atoms with E-state index < -0.39 is 0 Å². The zero-order valence-electron chi connectivity index (χ0n) is 10.4. The monoisotopic (exact) mass is 252 g/mol. The molecule has 4 heteroatoms. The Morgan fingerprint density at radius 1 is 1.47 bits per heavy atom. The summed E-state index contributed by atoms with van der Waals surface area (Å²) in [5.41, 5.74) is 1.69. The van der Waals surface area contributed by atoms with Crippen LogP contribution in [-0.4, -0.2) is 31.8 Å². The first kappa shape index (κ1) is 11.6. The summed E-state index contributed by atoms with van der Waals surface area (Å²) in [6, 6.07) is 0. The lowest BCUT2D eigenvalue weighted by molar-refractivity contribution is 0.0846. The number of hydrogen-bond acceptors (Lipinski definition) is 4. The average Bonchev–Trinajstić information content (AvgIpc) is 2.98. The lowest BCUT2D eigenvalue weighted by Gasteiger charge is -2.20. The number of rotatable bonds is 4. The van der Waals surface area contributed by atoms with E-state index in [4.69, 9.17) is 9.72 Å². The molecule has 94 valence electrons. The molecule has 3 rings (SSSR count). The summed E-state index contributed by atoms with van der Waals surface area (Å²) in [5, 5.41) is 6.94. The Morgan fingerprint density at radius 2 is 2.24 bits per heavy atom. The molecule has 0 unspecified atom stereocenters. The third kappa shape index (κ3) is 2.26. The highest BCUT2D eigenvalue weighted by molar-refractivity contribution is 7.09. The van der Waals surface area contributed by atoms with Gasteiger partial charge in [0, 0.05) is 36.5 Å². The van der Waals surface area contributed by atoms with Crippen molar-refractivity contribution in [2.24, 2.45) is 0 Å². The summed E-state index contributed by atoms with van der Waals surface area (Å²) in [5.74, 6) is 0.638. The molecule has 0 amide bonds. The number of nitrogens with one attached hydrogen (secondary N) is 1. The zero-order chi connectivity index (χ0) is 11.7. The molecule has 1 aromatic heterocycles. The normalized spacial score (nSPS) is 23.8. The average molecular weight is 252 g/mol. The van der Waals surface area contributed by atoms with E-state index in [1.807, 2.05) is 18.4 Å². The van der Waals surface area contributed by atoms with Gasteiger partial charge in [0.25, 0.3) is 0 Å². The third-order valence-electron chi connectivity index (χ3n) is 3.98. The molecular weight excluding hydrogens is 232 g/mol. The Balaban J connectivity index is 1.73. The summed E-state index contributed by atoms with van der Waals surface area (Å²) in [6.07, 6.45) is 4.88. The molecule has 17 heavy (non-hydrogen) atoms. The first-order valence-corrected chi connectivity index (χ1v) is 7.40. The molecule has 1 saturated carbocycles. The number of nitrogens with zero attached hydrogens (tertiary/aromatic N) is 1. The van der Waals surface area contributed by atoms with Crippen molar-refractivity contribution in [2.45, 2.75) is 37.0 Å². The second-order valence-electron chi connectivity index (χ2n) is 5.27. The Labute approximate surface area is 107 Å². The van der Waals surface area contributed by atoms with Crippen molar-refractivity contribution in [1.29, 1.82) is 0 Å². The van der Waals surface area contributed by atoms with Crippen molar-refractivity contribution >= 4 is 11.3 Å². The fraction of sp³-hybridized carbons (Fsp3) is 0.769. The van der Waals surface area contributed by atoms with Crippen molar-refractivity contribution in [1.82, 2.24) is 10.3 Å². The maximum Gasteiger partial charge on any atom is 0.100 e. The van der Waals surface area contributed by atoms with Gasteiger partial charge in [0.15, 0.2) is 0 Å². The molecule has 1 aromatic rings. The van der Waals surface area contributed by atoms with Crippen molar-refractivity contribution in [3.05, 3.63) is 16.1 Å². The predicted molar refractivity (Wildman–Crippen MR) is 69.7 cm³/mol. The van der Waals surface area contributed by atoms with Gasteiger partial charge in [-0.15, -0.1) is 11.3 Å². The van der Waals surface area contributed by atoms with E-state index in [0.717, 1.165) is 32.6 Å². The van der Waals surface area contributed by atoms with Gasteiger partial charge in [0.05, 0.1) is 5.69 Å².